The van der Waals surface area contributed by atoms with Gasteiger partial charge in [-0.25, -0.2) is 9.78 Å². The van der Waals surface area contributed by atoms with Crippen LogP contribution in [0.2, 0.25) is 5.02 Å². The molecule has 5 nitrogen and oxygen atoms in total. The number of carboxylic acid groups (broad SMARTS) is 1. The second-order valence-corrected chi connectivity index (χ2v) is 5.96. The van der Waals surface area contributed by atoms with Crippen molar-refractivity contribution in [2.45, 2.75) is 19.8 Å². The number of amides is 1. The zero-order valence-corrected chi connectivity index (χ0v) is 13.0. The molecule has 0 radical (unpaired) electrons. The summed E-state index contributed by atoms with van der Waals surface area (Å²) in [6.45, 7) is 3.31. The number of aromatic carboxylic acids is 1. The van der Waals surface area contributed by atoms with Crippen LogP contribution in [0.1, 0.15) is 33.2 Å². The van der Waals surface area contributed by atoms with Gasteiger partial charge in [0, 0.05) is 10.7 Å². The molecule has 1 aromatic carbocycles. The lowest BCUT2D eigenvalue weighted by molar-refractivity contribution is -0.117. The van der Waals surface area contributed by atoms with Crippen LogP contribution >= 0.6 is 22.9 Å². The van der Waals surface area contributed by atoms with Crippen LogP contribution in [0, 0.1) is 6.92 Å². The monoisotopic (exact) mass is 324 g/mol. The van der Waals surface area contributed by atoms with Crippen molar-refractivity contribution in [2.75, 3.05) is 5.32 Å². The lowest BCUT2D eigenvalue weighted by Crippen LogP contribution is -2.18. The van der Waals surface area contributed by atoms with E-state index < -0.39 is 11.9 Å². The van der Waals surface area contributed by atoms with E-state index in [1.54, 1.807) is 38.1 Å². The Morgan fingerprint density at radius 1 is 1.33 bits per heavy atom. The number of aryl methyl sites for hydroxylation is 1. The first kappa shape index (κ1) is 15.5. The number of halogens is 1. The molecular weight excluding hydrogens is 312 g/mol. The second-order valence-electron chi connectivity index (χ2n) is 4.49. The summed E-state index contributed by atoms with van der Waals surface area (Å²) < 4.78 is 0. The number of anilines is 1. The molecule has 7 heteroatoms. The van der Waals surface area contributed by atoms with Crippen LogP contribution < -0.4 is 5.32 Å². The van der Waals surface area contributed by atoms with Gasteiger partial charge < -0.3 is 10.4 Å². The molecule has 1 atom stereocenters. The molecule has 110 valence electrons. The number of carbonyl (C=O) groups is 2. The fourth-order valence-corrected chi connectivity index (χ4v) is 2.78. The Morgan fingerprint density at radius 3 is 2.48 bits per heavy atom. The summed E-state index contributed by atoms with van der Waals surface area (Å²) in [7, 11) is 0. The van der Waals surface area contributed by atoms with Crippen LogP contribution in [-0.4, -0.2) is 22.0 Å². The third-order valence-corrected chi connectivity index (χ3v) is 4.46. The molecular formula is C14H13ClN2O3S. The molecule has 2 aromatic rings. The fourth-order valence-electron chi connectivity index (χ4n) is 1.70. The number of aromatic nitrogens is 1. The van der Waals surface area contributed by atoms with Crippen molar-refractivity contribution in [2.24, 2.45) is 0 Å². The predicted octanol–water partition coefficient (Wildman–Crippen LogP) is 3.55. The molecule has 0 bridgehead atoms. The van der Waals surface area contributed by atoms with Gasteiger partial charge in [0.1, 0.15) is 9.88 Å². The zero-order valence-electron chi connectivity index (χ0n) is 11.4. The van der Waals surface area contributed by atoms with E-state index in [1.165, 1.54) is 0 Å². The van der Waals surface area contributed by atoms with E-state index >= 15 is 0 Å². The average molecular weight is 325 g/mol. The van der Waals surface area contributed by atoms with Crippen molar-refractivity contribution in [3.05, 3.63) is 44.9 Å². The van der Waals surface area contributed by atoms with E-state index in [1.807, 2.05) is 0 Å². The van der Waals surface area contributed by atoms with Crippen molar-refractivity contribution >= 4 is 40.5 Å². The first-order chi connectivity index (χ1) is 9.88. The normalized spacial score (nSPS) is 12.0. The van der Waals surface area contributed by atoms with Gasteiger partial charge in [-0.1, -0.05) is 11.6 Å². The fraction of sp³-hybridized carbons (Fsp3) is 0.214. The third kappa shape index (κ3) is 3.59. The number of nitrogens with one attached hydrogen (secondary N) is 1. The summed E-state index contributed by atoms with van der Waals surface area (Å²) in [6, 6.07) is 6.75. The highest BCUT2D eigenvalue weighted by Gasteiger charge is 2.22. The molecule has 0 aliphatic carbocycles. The van der Waals surface area contributed by atoms with Crippen LogP contribution in [0.3, 0.4) is 0 Å². The lowest BCUT2D eigenvalue weighted by atomic mass is 10.1. The average Bonchev–Trinajstić information content (AvgIpc) is 2.82. The lowest BCUT2D eigenvalue weighted by Gasteiger charge is -2.09. The van der Waals surface area contributed by atoms with Gasteiger partial charge in [0.05, 0.1) is 11.6 Å². The number of rotatable bonds is 4. The molecule has 0 aliphatic rings. The molecule has 0 saturated heterocycles. The summed E-state index contributed by atoms with van der Waals surface area (Å²) in [5.74, 6) is -1.80. The number of hydrogen-bond donors (Lipinski definition) is 2. The van der Waals surface area contributed by atoms with Gasteiger partial charge in [-0.05, 0) is 38.1 Å². The Kier molecular flexibility index (Phi) is 4.59. The first-order valence-corrected chi connectivity index (χ1v) is 7.35. The molecule has 1 aromatic heterocycles. The van der Waals surface area contributed by atoms with Crippen LogP contribution in [0.25, 0.3) is 0 Å². The Balaban J connectivity index is 2.13. The third-order valence-electron chi connectivity index (χ3n) is 2.88. The Morgan fingerprint density at radius 2 is 1.95 bits per heavy atom. The molecule has 2 N–H and O–H groups in total. The smallest absolute Gasteiger partial charge is 0.347 e. The van der Waals surface area contributed by atoms with Gasteiger partial charge >= 0.3 is 5.97 Å². The summed E-state index contributed by atoms with van der Waals surface area (Å²) >= 11 is 6.80. The van der Waals surface area contributed by atoms with Gasteiger partial charge in [0.25, 0.3) is 0 Å². The quantitative estimate of drug-likeness (QED) is 0.901. The standard InChI is InChI=1S/C14H13ClN2O3S/c1-7(13-16-8(2)11(21-13)14(19)20)12(18)17-10-5-3-9(15)4-6-10/h3-7H,1-2H3,(H,17,18)(H,19,20). The number of nitrogens with zero attached hydrogens (tertiary/aromatic N) is 1. The first-order valence-electron chi connectivity index (χ1n) is 6.15. The molecule has 1 unspecified atom stereocenters. The molecule has 1 amide bonds. The molecule has 0 spiro atoms. The van der Waals surface area contributed by atoms with E-state index in [4.69, 9.17) is 16.7 Å². The number of benzene rings is 1. The maximum Gasteiger partial charge on any atom is 0.347 e. The van der Waals surface area contributed by atoms with E-state index in [0.29, 0.717) is 21.4 Å². The number of thiazole rings is 1. The van der Waals surface area contributed by atoms with Crippen LogP contribution in [0.4, 0.5) is 5.69 Å². The van der Waals surface area contributed by atoms with Crippen molar-refractivity contribution < 1.29 is 14.7 Å². The Hall–Kier alpha value is -1.92. The van der Waals surface area contributed by atoms with E-state index in [2.05, 4.69) is 10.3 Å². The zero-order chi connectivity index (χ0) is 15.6. The predicted molar refractivity (Wildman–Crippen MR) is 82.3 cm³/mol. The van der Waals surface area contributed by atoms with E-state index in [0.717, 1.165) is 11.3 Å². The molecule has 0 fully saturated rings. The van der Waals surface area contributed by atoms with Crippen molar-refractivity contribution in [3.63, 3.8) is 0 Å². The molecule has 2 rings (SSSR count). The summed E-state index contributed by atoms with van der Waals surface area (Å²) in [4.78, 5) is 27.5. The Labute approximate surface area is 130 Å². The largest absolute Gasteiger partial charge is 0.477 e. The van der Waals surface area contributed by atoms with Crippen LogP contribution in [-0.2, 0) is 4.79 Å². The highest BCUT2D eigenvalue weighted by Crippen LogP contribution is 2.26. The minimum Gasteiger partial charge on any atom is -0.477 e. The van der Waals surface area contributed by atoms with Gasteiger partial charge in [-0.15, -0.1) is 11.3 Å². The molecule has 21 heavy (non-hydrogen) atoms. The van der Waals surface area contributed by atoms with Crippen LogP contribution in [0.15, 0.2) is 24.3 Å². The van der Waals surface area contributed by atoms with Gasteiger partial charge in [-0.3, -0.25) is 4.79 Å². The minimum absolute atomic E-state index is 0.163. The SMILES string of the molecule is Cc1nc(C(C)C(=O)Nc2ccc(Cl)cc2)sc1C(=O)O. The summed E-state index contributed by atoms with van der Waals surface area (Å²) in [5, 5.41) is 12.8. The van der Waals surface area contributed by atoms with Crippen molar-refractivity contribution in [3.8, 4) is 0 Å². The summed E-state index contributed by atoms with van der Waals surface area (Å²) in [6.07, 6.45) is 0. The number of hydrogen-bond acceptors (Lipinski definition) is 4. The topological polar surface area (TPSA) is 79.3 Å². The van der Waals surface area contributed by atoms with Crippen molar-refractivity contribution in [1.82, 2.24) is 4.98 Å². The highest BCUT2D eigenvalue weighted by molar-refractivity contribution is 7.13. The second kappa shape index (κ2) is 6.24. The molecule has 0 aliphatic heterocycles. The van der Waals surface area contributed by atoms with Gasteiger partial charge in [0.15, 0.2) is 0 Å². The summed E-state index contributed by atoms with van der Waals surface area (Å²) in [5.41, 5.74) is 1.05. The van der Waals surface area contributed by atoms with E-state index in [9.17, 15) is 9.59 Å². The maximum atomic E-state index is 12.2. The maximum absolute atomic E-state index is 12.2. The van der Waals surface area contributed by atoms with Crippen LogP contribution in [0.5, 0.6) is 0 Å². The minimum atomic E-state index is -1.03. The number of carbonyl (C=O) groups excluding carboxylic acids is 1. The molecule has 0 saturated carbocycles. The van der Waals surface area contributed by atoms with E-state index in [-0.39, 0.29) is 10.8 Å². The molecule has 1 heterocycles. The van der Waals surface area contributed by atoms with Gasteiger partial charge in [-0.2, -0.15) is 0 Å². The number of carboxylic acids is 1. The Bertz CT molecular complexity index is 682. The van der Waals surface area contributed by atoms with Crippen molar-refractivity contribution in [1.29, 1.82) is 0 Å². The highest BCUT2D eigenvalue weighted by atomic mass is 35.5. The van der Waals surface area contributed by atoms with Gasteiger partial charge in [0.2, 0.25) is 5.91 Å².